The minimum absolute atomic E-state index is 0.0869. The first kappa shape index (κ1) is 13.7. The molecule has 0 amide bonds. The van der Waals surface area contributed by atoms with E-state index in [4.69, 9.17) is 16.3 Å². The number of carbonyl (C=O) groups is 1. The topological polar surface area (TPSA) is 71.5 Å². The highest BCUT2D eigenvalue weighted by Gasteiger charge is 2.17. The molecule has 1 atom stereocenters. The second-order valence-corrected chi connectivity index (χ2v) is 4.19. The molecule has 20 heavy (non-hydrogen) atoms. The summed E-state index contributed by atoms with van der Waals surface area (Å²) in [6.07, 6.45) is 6.88. The monoisotopic (exact) mass is 270 g/mol. The van der Waals surface area contributed by atoms with Crippen LogP contribution in [0.2, 0.25) is 0 Å². The standard InChI is InChI=1S/C15H14N2O3/c1-3-4-13(15(18)19)17-14-12-6-5-11(20-2)9-10(12)7-8-16-14/h1,5-9,13H,4H2,2H3,(H,16,17)(H,18,19). The van der Waals surface area contributed by atoms with Crippen molar-refractivity contribution in [1.29, 1.82) is 0 Å². The fourth-order valence-corrected chi connectivity index (χ4v) is 1.88. The smallest absolute Gasteiger partial charge is 0.327 e. The van der Waals surface area contributed by atoms with E-state index in [9.17, 15) is 4.79 Å². The summed E-state index contributed by atoms with van der Waals surface area (Å²) in [7, 11) is 1.59. The number of nitrogens with one attached hydrogen (secondary N) is 1. The van der Waals surface area contributed by atoms with Gasteiger partial charge in [0.25, 0.3) is 0 Å². The number of hydrogen-bond acceptors (Lipinski definition) is 4. The number of hydrogen-bond donors (Lipinski definition) is 2. The Morgan fingerprint density at radius 2 is 2.35 bits per heavy atom. The largest absolute Gasteiger partial charge is 0.497 e. The summed E-state index contributed by atoms with van der Waals surface area (Å²) in [6, 6.07) is 6.46. The van der Waals surface area contributed by atoms with Gasteiger partial charge in [-0.1, -0.05) is 0 Å². The summed E-state index contributed by atoms with van der Waals surface area (Å²) in [5.41, 5.74) is 0. The van der Waals surface area contributed by atoms with Crippen molar-refractivity contribution in [2.24, 2.45) is 0 Å². The molecule has 1 heterocycles. The third kappa shape index (κ3) is 2.81. The fraction of sp³-hybridized carbons (Fsp3) is 0.200. The molecule has 0 radical (unpaired) electrons. The highest BCUT2D eigenvalue weighted by Crippen LogP contribution is 2.25. The average Bonchev–Trinajstić information content (AvgIpc) is 2.46. The molecule has 0 saturated carbocycles. The van der Waals surface area contributed by atoms with Gasteiger partial charge in [-0.3, -0.25) is 0 Å². The van der Waals surface area contributed by atoms with E-state index in [-0.39, 0.29) is 6.42 Å². The zero-order valence-corrected chi connectivity index (χ0v) is 11.0. The van der Waals surface area contributed by atoms with E-state index in [1.165, 1.54) is 0 Å². The van der Waals surface area contributed by atoms with Crippen LogP contribution in [0.5, 0.6) is 5.75 Å². The molecule has 0 spiro atoms. The molecule has 0 aliphatic carbocycles. The number of carboxylic acids is 1. The first-order valence-electron chi connectivity index (χ1n) is 6.01. The third-order valence-corrected chi connectivity index (χ3v) is 2.90. The zero-order valence-electron chi connectivity index (χ0n) is 11.0. The van der Waals surface area contributed by atoms with Crippen molar-refractivity contribution in [3.8, 4) is 18.1 Å². The lowest BCUT2D eigenvalue weighted by Crippen LogP contribution is -2.29. The van der Waals surface area contributed by atoms with Crippen LogP contribution in [-0.2, 0) is 4.79 Å². The number of carboxylic acid groups (broad SMARTS) is 1. The van der Waals surface area contributed by atoms with Crippen LogP contribution in [0.15, 0.2) is 30.5 Å². The van der Waals surface area contributed by atoms with Crippen molar-refractivity contribution in [1.82, 2.24) is 4.98 Å². The van der Waals surface area contributed by atoms with Gasteiger partial charge in [-0.05, 0) is 29.7 Å². The minimum Gasteiger partial charge on any atom is -0.497 e. The summed E-state index contributed by atoms with van der Waals surface area (Å²) in [6.45, 7) is 0. The number of methoxy groups -OCH3 is 1. The number of ether oxygens (including phenoxy) is 1. The number of anilines is 1. The van der Waals surface area contributed by atoms with Crippen LogP contribution in [0.1, 0.15) is 6.42 Å². The predicted octanol–water partition coefficient (Wildman–Crippen LogP) is 2.13. The number of benzene rings is 1. The van der Waals surface area contributed by atoms with Crippen LogP contribution in [0, 0.1) is 12.3 Å². The van der Waals surface area contributed by atoms with Crippen molar-refractivity contribution >= 4 is 22.6 Å². The van der Waals surface area contributed by atoms with Gasteiger partial charge in [0.05, 0.1) is 7.11 Å². The Bertz CT molecular complexity index is 676. The lowest BCUT2D eigenvalue weighted by atomic mass is 10.1. The summed E-state index contributed by atoms with van der Waals surface area (Å²) in [5.74, 6) is 2.56. The van der Waals surface area contributed by atoms with Crippen LogP contribution < -0.4 is 10.1 Å². The molecule has 0 aliphatic heterocycles. The number of terminal acetylenes is 1. The van der Waals surface area contributed by atoms with Gasteiger partial charge in [0.2, 0.25) is 0 Å². The van der Waals surface area contributed by atoms with Crippen LogP contribution in [0.25, 0.3) is 10.8 Å². The van der Waals surface area contributed by atoms with E-state index in [0.29, 0.717) is 5.82 Å². The zero-order chi connectivity index (χ0) is 14.5. The van der Waals surface area contributed by atoms with Gasteiger partial charge in [0.15, 0.2) is 0 Å². The SMILES string of the molecule is C#CCC(Nc1nccc2cc(OC)ccc12)C(=O)O. The highest BCUT2D eigenvalue weighted by atomic mass is 16.5. The fourth-order valence-electron chi connectivity index (χ4n) is 1.88. The summed E-state index contributed by atoms with van der Waals surface area (Å²) in [5, 5.41) is 13.7. The molecule has 5 heteroatoms. The molecule has 2 N–H and O–H groups in total. The quantitative estimate of drug-likeness (QED) is 0.814. The molecule has 1 aromatic carbocycles. The summed E-state index contributed by atoms with van der Waals surface area (Å²) >= 11 is 0. The van der Waals surface area contributed by atoms with E-state index in [1.54, 1.807) is 19.4 Å². The van der Waals surface area contributed by atoms with E-state index in [1.807, 2.05) is 18.2 Å². The van der Waals surface area contributed by atoms with Crippen molar-refractivity contribution < 1.29 is 14.6 Å². The Labute approximate surface area is 116 Å². The van der Waals surface area contributed by atoms with Gasteiger partial charge in [-0.2, -0.15) is 0 Å². The van der Waals surface area contributed by atoms with Gasteiger partial charge in [0.1, 0.15) is 17.6 Å². The maximum Gasteiger partial charge on any atom is 0.327 e. The number of aromatic nitrogens is 1. The Morgan fingerprint density at radius 3 is 3.00 bits per heavy atom. The Balaban J connectivity index is 2.39. The molecule has 0 fully saturated rings. The number of pyridine rings is 1. The molecular formula is C15H14N2O3. The predicted molar refractivity (Wildman–Crippen MR) is 76.8 cm³/mol. The molecule has 5 nitrogen and oxygen atoms in total. The summed E-state index contributed by atoms with van der Waals surface area (Å²) < 4.78 is 5.16. The molecule has 2 aromatic rings. The minimum atomic E-state index is -1.00. The normalized spacial score (nSPS) is 11.6. The van der Waals surface area contributed by atoms with Crippen molar-refractivity contribution in [2.75, 3.05) is 12.4 Å². The molecular weight excluding hydrogens is 256 g/mol. The molecule has 0 bridgehead atoms. The van der Waals surface area contributed by atoms with E-state index in [0.717, 1.165) is 16.5 Å². The molecule has 2 rings (SSSR count). The van der Waals surface area contributed by atoms with Gasteiger partial charge in [-0.15, -0.1) is 12.3 Å². The van der Waals surface area contributed by atoms with Crippen molar-refractivity contribution in [3.63, 3.8) is 0 Å². The number of nitrogens with zero attached hydrogens (tertiary/aromatic N) is 1. The summed E-state index contributed by atoms with van der Waals surface area (Å²) in [4.78, 5) is 15.3. The molecule has 1 aromatic heterocycles. The average molecular weight is 270 g/mol. The van der Waals surface area contributed by atoms with Crippen molar-refractivity contribution in [2.45, 2.75) is 12.5 Å². The Morgan fingerprint density at radius 1 is 1.55 bits per heavy atom. The molecule has 0 aliphatic rings. The first-order valence-corrected chi connectivity index (χ1v) is 6.01. The number of rotatable bonds is 5. The maximum atomic E-state index is 11.1. The molecule has 102 valence electrons. The Kier molecular flexibility index (Phi) is 4.06. The third-order valence-electron chi connectivity index (χ3n) is 2.90. The second kappa shape index (κ2) is 5.93. The lowest BCUT2D eigenvalue weighted by Gasteiger charge is -2.14. The maximum absolute atomic E-state index is 11.1. The van der Waals surface area contributed by atoms with Crippen LogP contribution >= 0.6 is 0 Å². The van der Waals surface area contributed by atoms with E-state index in [2.05, 4.69) is 16.2 Å². The van der Waals surface area contributed by atoms with Gasteiger partial charge < -0.3 is 15.2 Å². The molecule has 1 unspecified atom stereocenters. The highest BCUT2D eigenvalue weighted by molar-refractivity contribution is 5.94. The van der Waals surface area contributed by atoms with E-state index < -0.39 is 12.0 Å². The van der Waals surface area contributed by atoms with Crippen LogP contribution in [0.3, 0.4) is 0 Å². The van der Waals surface area contributed by atoms with Crippen LogP contribution in [0.4, 0.5) is 5.82 Å². The first-order chi connectivity index (χ1) is 9.65. The lowest BCUT2D eigenvalue weighted by molar-refractivity contribution is -0.137. The Hall–Kier alpha value is -2.74. The molecule has 0 saturated heterocycles. The number of aliphatic carboxylic acids is 1. The van der Waals surface area contributed by atoms with Crippen LogP contribution in [-0.4, -0.2) is 29.2 Å². The van der Waals surface area contributed by atoms with E-state index >= 15 is 0 Å². The van der Waals surface area contributed by atoms with Crippen molar-refractivity contribution in [3.05, 3.63) is 30.5 Å². The van der Waals surface area contributed by atoms with Gasteiger partial charge >= 0.3 is 5.97 Å². The van der Waals surface area contributed by atoms with Gasteiger partial charge in [-0.25, -0.2) is 9.78 Å². The number of fused-ring (bicyclic) bond motifs is 1. The van der Waals surface area contributed by atoms with Gasteiger partial charge in [0, 0.05) is 18.0 Å². The second-order valence-electron chi connectivity index (χ2n) is 4.19.